The van der Waals surface area contributed by atoms with Gasteiger partial charge in [-0.3, -0.25) is 10.1 Å². The van der Waals surface area contributed by atoms with Gasteiger partial charge in [-0.15, -0.1) is 0 Å². The van der Waals surface area contributed by atoms with Gasteiger partial charge in [-0.25, -0.2) is 4.79 Å². The van der Waals surface area contributed by atoms with E-state index in [4.69, 9.17) is 4.74 Å². The van der Waals surface area contributed by atoms with E-state index in [1.807, 2.05) is 85.1 Å². The molecule has 184 valence electrons. The molecule has 7 heteroatoms. The third-order valence-electron chi connectivity index (χ3n) is 5.87. The largest absolute Gasteiger partial charge is 0.417 e. The van der Waals surface area contributed by atoms with Crippen LogP contribution in [0.1, 0.15) is 15.9 Å². The number of fused-ring (bicyclic) bond motifs is 1. The van der Waals surface area contributed by atoms with Gasteiger partial charge in [0, 0.05) is 35.0 Å². The number of carbonyl (C=O) groups excluding carboxylic acids is 2. The predicted molar refractivity (Wildman–Crippen MR) is 147 cm³/mol. The van der Waals surface area contributed by atoms with E-state index in [1.54, 1.807) is 24.3 Å². The molecule has 2 amide bonds. The summed E-state index contributed by atoms with van der Waals surface area (Å²) in [6, 6.07) is 31.7. The molecule has 0 unspecified atom stereocenters. The van der Waals surface area contributed by atoms with Gasteiger partial charge in [0.05, 0.1) is 11.3 Å². The van der Waals surface area contributed by atoms with Crippen LogP contribution < -0.4 is 20.7 Å². The Balaban J connectivity index is 1.21. The summed E-state index contributed by atoms with van der Waals surface area (Å²) in [6.07, 6.45) is 1.97. The highest BCUT2D eigenvalue weighted by molar-refractivity contribution is 6.00. The molecule has 0 bridgehead atoms. The molecule has 0 radical (unpaired) electrons. The Hall–Kier alpha value is -5.04. The molecule has 7 nitrogen and oxygen atoms in total. The zero-order chi connectivity index (χ0) is 25.5. The number of H-pyrrole nitrogens is 1. The Morgan fingerprint density at radius 2 is 1.49 bits per heavy atom. The van der Waals surface area contributed by atoms with E-state index in [-0.39, 0.29) is 5.91 Å². The minimum Gasteiger partial charge on any atom is -0.410 e. The third kappa shape index (κ3) is 5.97. The van der Waals surface area contributed by atoms with Crippen LogP contribution in [0, 0.1) is 0 Å². The zero-order valence-electron chi connectivity index (χ0n) is 20.0. The normalized spacial score (nSPS) is 10.6. The number of benzene rings is 4. The lowest BCUT2D eigenvalue weighted by Crippen LogP contribution is -2.26. The minimum absolute atomic E-state index is 0.152. The number of rotatable bonds is 8. The Morgan fingerprint density at radius 1 is 0.784 bits per heavy atom. The molecule has 0 spiro atoms. The van der Waals surface area contributed by atoms with Gasteiger partial charge < -0.3 is 20.4 Å². The summed E-state index contributed by atoms with van der Waals surface area (Å²) < 4.78 is 5.47. The lowest BCUT2D eigenvalue weighted by atomic mass is 10.1. The summed E-state index contributed by atoms with van der Waals surface area (Å²) >= 11 is 0. The summed E-state index contributed by atoms with van der Waals surface area (Å²) in [5.74, 6) is 0.284. The van der Waals surface area contributed by atoms with Crippen molar-refractivity contribution in [3.63, 3.8) is 0 Å². The molecule has 0 saturated heterocycles. The number of nitrogens with one attached hydrogen (secondary N) is 4. The topological polar surface area (TPSA) is 95.2 Å². The molecule has 1 heterocycles. The van der Waals surface area contributed by atoms with Crippen molar-refractivity contribution in [1.82, 2.24) is 10.3 Å². The average Bonchev–Trinajstić information content (AvgIpc) is 3.32. The van der Waals surface area contributed by atoms with Gasteiger partial charge in [0.15, 0.2) is 0 Å². The van der Waals surface area contributed by atoms with Crippen LogP contribution in [-0.2, 0) is 6.42 Å². The van der Waals surface area contributed by atoms with Gasteiger partial charge in [-0.1, -0.05) is 48.5 Å². The molecule has 0 fully saturated rings. The van der Waals surface area contributed by atoms with Crippen molar-refractivity contribution in [3.8, 4) is 5.75 Å². The lowest BCUT2D eigenvalue weighted by molar-refractivity contribution is 0.0955. The Labute approximate surface area is 214 Å². The number of amides is 2. The maximum Gasteiger partial charge on any atom is 0.417 e. The van der Waals surface area contributed by atoms with Gasteiger partial charge in [0.1, 0.15) is 5.75 Å². The van der Waals surface area contributed by atoms with E-state index in [0.29, 0.717) is 30.0 Å². The van der Waals surface area contributed by atoms with Crippen molar-refractivity contribution < 1.29 is 14.3 Å². The third-order valence-corrected chi connectivity index (χ3v) is 5.87. The molecular formula is C30H26N4O3. The predicted octanol–water partition coefficient (Wildman–Crippen LogP) is 6.49. The molecule has 5 rings (SSSR count). The van der Waals surface area contributed by atoms with E-state index < -0.39 is 6.09 Å². The van der Waals surface area contributed by atoms with Crippen LogP contribution in [0.25, 0.3) is 10.9 Å². The van der Waals surface area contributed by atoms with Gasteiger partial charge >= 0.3 is 6.09 Å². The molecule has 37 heavy (non-hydrogen) atoms. The Morgan fingerprint density at radius 3 is 2.27 bits per heavy atom. The molecular weight excluding hydrogens is 464 g/mol. The highest BCUT2D eigenvalue weighted by Gasteiger charge is 2.12. The number of ether oxygens (including phenoxy) is 1. The van der Waals surface area contributed by atoms with E-state index in [0.717, 1.165) is 27.8 Å². The summed E-state index contributed by atoms with van der Waals surface area (Å²) in [4.78, 5) is 28.5. The van der Waals surface area contributed by atoms with Crippen LogP contribution >= 0.6 is 0 Å². The van der Waals surface area contributed by atoms with Crippen LogP contribution in [0.5, 0.6) is 5.75 Å². The first-order valence-corrected chi connectivity index (χ1v) is 12.0. The molecule has 0 saturated carbocycles. The standard InChI is InChI=1S/C30H26N4O3/c35-29(25-13-7-8-14-28(25)33-22-9-3-1-4-10-22)31-18-17-21-20-32-27-16-15-24(19-26(21)27)37-30(36)34-23-11-5-2-6-12-23/h1-16,19-20,32-33H,17-18H2,(H,31,35)(H,34,36). The van der Waals surface area contributed by atoms with Crippen molar-refractivity contribution in [2.75, 3.05) is 17.2 Å². The SMILES string of the molecule is O=C(Nc1ccccc1)Oc1ccc2[nH]cc(CCNC(=O)c3ccccc3Nc3ccccc3)c2c1. The molecule has 0 aliphatic carbocycles. The fraction of sp³-hybridized carbons (Fsp3) is 0.0667. The maximum absolute atomic E-state index is 12.9. The van der Waals surface area contributed by atoms with E-state index in [2.05, 4.69) is 20.9 Å². The van der Waals surface area contributed by atoms with E-state index >= 15 is 0 Å². The first-order valence-electron chi connectivity index (χ1n) is 12.0. The first kappa shape index (κ1) is 23.7. The van der Waals surface area contributed by atoms with Crippen molar-refractivity contribution in [2.45, 2.75) is 6.42 Å². The highest BCUT2D eigenvalue weighted by Crippen LogP contribution is 2.25. The van der Waals surface area contributed by atoms with Crippen molar-refractivity contribution in [2.24, 2.45) is 0 Å². The van der Waals surface area contributed by atoms with Gasteiger partial charge in [-0.2, -0.15) is 0 Å². The van der Waals surface area contributed by atoms with E-state index in [1.165, 1.54) is 0 Å². The quantitative estimate of drug-likeness (QED) is 0.200. The molecule has 4 aromatic carbocycles. The van der Waals surface area contributed by atoms with Gasteiger partial charge in [-0.05, 0) is 66.6 Å². The number of hydrogen-bond acceptors (Lipinski definition) is 4. The number of anilines is 3. The van der Waals surface area contributed by atoms with Crippen LogP contribution in [0.4, 0.5) is 21.9 Å². The van der Waals surface area contributed by atoms with Crippen LogP contribution in [0.3, 0.4) is 0 Å². The number of hydrogen-bond donors (Lipinski definition) is 4. The first-order chi connectivity index (χ1) is 18.2. The van der Waals surface area contributed by atoms with Gasteiger partial charge in [0.25, 0.3) is 5.91 Å². The molecule has 1 aromatic heterocycles. The summed E-state index contributed by atoms with van der Waals surface area (Å²) in [5.41, 5.74) is 4.83. The van der Waals surface area contributed by atoms with Crippen LogP contribution in [0.2, 0.25) is 0 Å². The van der Waals surface area contributed by atoms with Crippen molar-refractivity contribution >= 4 is 40.0 Å². The van der Waals surface area contributed by atoms with Gasteiger partial charge in [0.2, 0.25) is 0 Å². The molecule has 4 N–H and O–H groups in total. The molecule has 0 atom stereocenters. The molecule has 5 aromatic rings. The monoisotopic (exact) mass is 490 g/mol. The average molecular weight is 491 g/mol. The smallest absolute Gasteiger partial charge is 0.410 e. The minimum atomic E-state index is -0.558. The fourth-order valence-electron chi connectivity index (χ4n) is 4.07. The zero-order valence-corrected chi connectivity index (χ0v) is 20.0. The second-order valence-corrected chi connectivity index (χ2v) is 8.44. The number of aromatic nitrogens is 1. The van der Waals surface area contributed by atoms with E-state index in [9.17, 15) is 9.59 Å². The second-order valence-electron chi connectivity index (χ2n) is 8.44. The van der Waals surface area contributed by atoms with Crippen molar-refractivity contribution in [3.05, 3.63) is 120 Å². The second kappa shape index (κ2) is 11.1. The number of aromatic amines is 1. The summed E-state index contributed by atoms with van der Waals surface area (Å²) in [5, 5.41) is 9.96. The summed E-state index contributed by atoms with van der Waals surface area (Å²) in [7, 11) is 0. The lowest BCUT2D eigenvalue weighted by Gasteiger charge is -2.12. The van der Waals surface area contributed by atoms with Crippen LogP contribution in [-0.4, -0.2) is 23.5 Å². The highest BCUT2D eigenvalue weighted by atomic mass is 16.6. The summed E-state index contributed by atoms with van der Waals surface area (Å²) in [6.45, 7) is 0.449. The Kier molecular flexibility index (Phi) is 7.13. The number of carbonyl (C=O) groups is 2. The van der Waals surface area contributed by atoms with Crippen molar-refractivity contribution in [1.29, 1.82) is 0 Å². The fourth-order valence-corrected chi connectivity index (χ4v) is 4.07. The maximum atomic E-state index is 12.9. The molecule has 0 aliphatic heterocycles. The number of para-hydroxylation sites is 3. The van der Waals surface area contributed by atoms with Crippen LogP contribution in [0.15, 0.2) is 109 Å². The Bertz CT molecular complexity index is 1510. The molecule has 0 aliphatic rings.